The van der Waals surface area contributed by atoms with Gasteiger partial charge >= 0.3 is 6.09 Å². The highest BCUT2D eigenvalue weighted by atomic mass is 35.5. The summed E-state index contributed by atoms with van der Waals surface area (Å²) in [6, 6.07) is 14.1. The Morgan fingerprint density at radius 3 is 2.32 bits per heavy atom. The molecule has 0 radical (unpaired) electrons. The maximum Gasteiger partial charge on any atom is 0.417 e. The lowest BCUT2D eigenvalue weighted by Gasteiger charge is -2.07. The molecule has 0 saturated carbocycles. The number of thioether (sulfide) groups is 1. The van der Waals surface area contributed by atoms with E-state index in [0.29, 0.717) is 16.5 Å². The summed E-state index contributed by atoms with van der Waals surface area (Å²) >= 11 is 7.39. The third-order valence-corrected chi connectivity index (χ3v) is 3.36. The number of benzene rings is 2. The van der Waals surface area contributed by atoms with Gasteiger partial charge in [0.2, 0.25) is 0 Å². The number of carbonyl (C=O) groups is 1. The fraction of sp³-hybridized carbons (Fsp3) is 0.0714. The molecule has 0 atom stereocenters. The van der Waals surface area contributed by atoms with Gasteiger partial charge in [-0.2, -0.15) is 0 Å². The van der Waals surface area contributed by atoms with Crippen molar-refractivity contribution in [1.29, 1.82) is 0 Å². The van der Waals surface area contributed by atoms with Crippen molar-refractivity contribution < 1.29 is 9.53 Å². The monoisotopic (exact) mass is 293 g/mol. The number of nitrogens with one attached hydrogen (secondary N) is 1. The maximum atomic E-state index is 11.6. The van der Waals surface area contributed by atoms with E-state index in [9.17, 15) is 4.79 Å². The van der Waals surface area contributed by atoms with Crippen molar-refractivity contribution in [2.75, 3.05) is 11.6 Å². The topological polar surface area (TPSA) is 38.3 Å². The van der Waals surface area contributed by atoms with Crippen molar-refractivity contribution in [2.45, 2.75) is 4.90 Å². The van der Waals surface area contributed by atoms with Gasteiger partial charge < -0.3 is 4.74 Å². The van der Waals surface area contributed by atoms with Crippen LogP contribution in [0.5, 0.6) is 5.75 Å². The Morgan fingerprint density at radius 1 is 1.11 bits per heavy atom. The Kier molecular flexibility index (Phi) is 4.71. The lowest BCUT2D eigenvalue weighted by atomic mass is 10.3. The van der Waals surface area contributed by atoms with Gasteiger partial charge in [-0.3, -0.25) is 5.32 Å². The summed E-state index contributed by atoms with van der Waals surface area (Å²) in [6.45, 7) is 0. The lowest BCUT2D eigenvalue weighted by Crippen LogP contribution is -2.16. The second-order valence-corrected chi connectivity index (χ2v) is 5.01. The highest BCUT2D eigenvalue weighted by Crippen LogP contribution is 2.19. The molecule has 5 heteroatoms. The van der Waals surface area contributed by atoms with Gasteiger partial charge in [0.05, 0.1) is 0 Å². The third kappa shape index (κ3) is 4.19. The minimum absolute atomic E-state index is 0.504. The van der Waals surface area contributed by atoms with Crippen molar-refractivity contribution in [3.8, 4) is 5.75 Å². The second kappa shape index (κ2) is 6.50. The standard InChI is InChI=1S/C14H12ClNO2S/c1-19-13-8-6-12(7-9-13)18-14(17)16-11-4-2-10(15)3-5-11/h2-9H,1H3,(H,16,17). The van der Waals surface area contributed by atoms with Crippen LogP contribution in [0.1, 0.15) is 0 Å². The molecule has 0 aromatic heterocycles. The van der Waals surface area contributed by atoms with Crippen LogP contribution >= 0.6 is 23.4 Å². The summed E-state index contributed by atoms with van der Waals surface area (Å²) in [6.07, 6.45) is 1.46. The van der Waals surface area contributed by atoms with Crippen LogP contribution in [0, 0.1) is 0 Å². The van der Waals surface area contributed by atoms with Crippen molar-refractivity contribution in [3.05, 3.63) is 53.6 Å². The molecule has 0 heterocycles. The van der Waals surface area contributed by atoms with Crippen molar-refractivity contribution in [2.24, 2.45) is 0 Å². The van der Waals surface area contributed by atoms with E-state index in [1.807, 2.05) is 18.4 Å². The average Bonchev–Trinajstić information content (AvgIpc) is 2.42. The minimum atomic E-state index is -0.528. The number of rotatable bonds is 3. The van der Waals surface area contributed by atoms with Crippen molar-refractivity contribution in [3.63, 3.8) is 0 Å². The molecule has 1 amide bonds. The summed E-state index contributed by atoms with van der Waals surface area (Å²) in [4.78, 5) is 12.8. The lowest BCUT2D eigenvalue weighted by molar-refractivity contribution is 0.215. The minimum Gasteiger partial charge on any atom is -0.410 e. The summed E-state index contributed by atoms with van der Waals surface area (Å²) in [5, 5.41) is 3.24. The van der Waals surface area contributed by atoms with Gasteiger partial charge in [-0.25, -0.2) is 4.79 Å². The van der Waals surface area contributed by atoms with Gasteiger partial charge in [0.25, 0.3) is 0 Å². The molecule has 0 fully saturated rings. The fourth-order valence-corrected chi connectivity index (χ4v) is 1.96. The molecule has 0 saturated heterocycles. The molecule has 2 aromatic rings. The zero-order chi connectivity index (χ0) is 13.7. The van der Waals surface area contributed by atoms with E-state index in [0.717, 1.165) is 4.90 Å². The molecule has 3 nitrogen and oxygen atoms in total. The van der Waals surface area contributed by atoms with Gasteiger partial charge in [0.15, 0.2) is 0 Å². The zero-order valence-electron chi connectivity index (χ0n) is 10.2. The molecule has 2 aromatic carbocycles. The van der Waals surface area contributed by atoms with E-state index in [1.54, 1.807) is 48.2 Å². The molecule has 0 bridgehead atoms. The Balaban J connectivity index is 1.95. The van der Waals surface area contributed by atoms with Gasteiger partial charge in [0.1, 0.15) is 5.75 Å². The SMILES string of the molecule is CSc1ccc(OC(=O)Nc2ccc(Cl)cc2)cc1. The number of anilines is 1. The van der Waals surface area contributed by atoms with Gasteiger partial charge in [-0.1, -0.05) is 11.6 Å². The van der Waals surface area contributed by atoms with Crippen LogP contribution in [0.4, 0.5) is 10.5 Å². The molecule has 0 unspecified atom stereocenters. The molecule has 0 aliphatic heterocycles. The highest BCUT2D eigenvalue weighted by Gasteiger charge is 2.05. The quantitative estimate of drug-likeness (QED) is 0.836. The molecule has 2 rings (SSSR count). The number of carbonyl (C=O) groups excluding carboxylic acids is 1. The van der Waals surface area contributed by atoms with Crippen LogP contribution in [0.2, 0.25) is 5.02 Å². The molecule has 0 aliphatic carbocycles. The summed E-state index contributed by atoms with van der Waals surface area (Å²) < 4.78 is 5.16. The Morgan fingerprint density at radius 2 is 1.74 bits per heavy atom. The molecular weight excluding hydrogens is 282 g/mol. The first-order valence-electron chi connectivity index (χ1n) is 5.56. The zero-order valence-corrected chi connectivity index (χ0v) is 11.8. The van der Waals surface area contributed by atoms with E-state index in [4.69, 9.17) is 16.3 Å². The molecular formula is C14H12ClNO2S. The van der Waals surface area contributed by atoms with Crippen LogP contribution < -0.4 is 10.1 Å². The fourth-order valence-electron chi connectivity index (χ4n) is 1.43. The van der Waals surface area contributed by atoms with E-state index in [-0.39, 0.29) is 0 Å². The van der Waals surface area contributed by atoms with Crippen LogP contribution in [0.15, 0.2) is 53.4 Å². The predicted octanol–water partition coefficient (Wildman–Crippen LogP) is 4.67. The molecule has 19 heavy (non-hydrogen) atoms. The van der Waals surface area contributed by atoms with Crippen LogP contribution in [-0.4, -0.2) is 12.3 Å². The summed E-state index contributed by atoms with van der Waals surface area (Å²) in [7, 11) is 0. The van der Waals surface area contributed by atoms with E-state index in [1.165, 1.54) is 0 Å². The van der Waals surface area contributed by atoms with Crippen LogP contribution in [-0.2, 0) is 0 Å². The number of ether oxygens (including phenoxy) is 1. The summed E-state index contributed by atoms with van der Waals surface area (Å²) in [5.74, 6) is 0.504. The number of amides is 1. The Hall–Kier alpha value is -1.65. The smallest absolute Gasteiger partial charge is 0.410 e. The molecule has 98 valence electrons. The number of halogens is 1. The van der Waals surface area contributed by atoms with Crippen LogP contribution in [0.3, 0.4) is 0 Å². The normalized spacial score (nSPS) is 10.0. The third-order valence-electron chi connectivity index (χ3n) is 2.36. The molecule has 1 N–H and O–H groups in total. The van der Waals surface area contributed by atoms with E-state index >= 15 is 0 Å². The van der Waals surface area contributed by atoms with Gasteiger partial charge in [-0.05, 0) is 54.8 Å². The predicted molar refractivity (Wildman–Crippen MR) is 79.3 cm³/mol. The Labute approximate surface area is 120 Å². The largest absolute Gasteiger partial charge is 0.417 e. The first kappa shape index (κ1) is 13.8. The summed E-state index contributed by atoms with van der Waals surface area (Å²) in [5.41, 5.74) is 0.634. The van der Waals surface area contributed by atoms with Crippen molar-refractivity contribution >= 4 is 35.1 Å². The second-order valence-electron chi connectivity index (χ2n) is 3.70. The first-order valence-corrected chi connectivity index (χ1v) is 7.16. The van der Waals surface area contributed by atoms with E-state index < -0.39 is 6.09 Å². The van der Waals surface area contributed by atoms with Gasteiger partial charge in [-0.15, -0.1) is 11.8 Å². The van der Waals surface area contributed by atoms with Crippen molar-refractivity contribution in [1.82, 2.24) is 0 Å². The maximum absolute atomic E-state index is 11.6. The van der Waals surface area contributed by atoms with E-state index in [2.05, 4.69) is 5.32 Å². The average molecular weight is 294 g/mol. The Bertz CT molecular complexity index is 555. The first-order chi connectivity index (χ1) is 9.17. The van der Waals surface area contributed by atoms with Gasteiger partial charge in [0, 0.05) is 15.6 Å². The number of hydrogen-bond donors (Lipinski definition) is 1. The molecule has 0 spiro atoms. The highest BCUT2D eigenvalue weighted by molar-refractivity contribution is 7.98. The van der Waals surface area contributed by atoms with Crippen LogP contribution in [0.25, 0.3) is 0 Å². The molecule has 0 aliphatic rings. The number of hydrogen-bond acceptors (Lipinski definition) is 3.